The van der Waals surface area contributed by atoms with Crippen LogP contribution in [0.5, 0.6) is 0 Å². The van der Waals surface area contributed by atoms with Crippen LogP contribution in [0.1, 0.15) is 71.1 Å². The first kappa shape index (κ1) is 18.7. The quantitative estimate of drug-likeness (QED) is 0.348. The molecule has 0 unspecified atom stereocenters. The second-order valence-corrected chi connectivity index (χ2v) is 5.08. The van der Waals surface area contributed by atoms with Gasteiger partial charge >= 0.3 is 5.97 Å². The summed E-state index contributed by atoms with van der Waals surface area (Å²) in [4.78, 5) is 10.3. The molecule has 0 rings (SSSR count). The summed E-state index contributed by atoms with van der Waals surface area (Å²) in [5.41, 5.74) is 0. The summed E-state index contributed by atoms with van der Waals surface area (Å²) in [6.07, 6.45) is 23.3. The van der Waals surface area contributed by atoms with E-state index in [9.17, 15) is 4.79 Å². The van der Waals surface area contributed by atoms with E-state index in [0.29, 0.717) is 6.42 Å². The number of carboxylic acid groups (broad SMARTS) is 1. The van der Waals surface area contributed by atoms with Gasteiger partial charge in [0.05, 0.1) is 0 Å². The lowest BCUT2D eigenvalue weighted by atomic mass is 10.1. The van der Waals surface area contributed by atoms with Crippen LogP contribution >= 0.6 is 0 Å². The van der Waals surface area contributed by atoms with Gasteiger partial charge in [0, 0.05) is 6.42 Å². The Kier molecular flexibility index (Phi) is 14.7. The average molecular weight is 278 g/mol. The molecule has 0 amide bonds. The molecule has 0 aromatic rings. The summed E-state index contributed by atoms with van der Waals surface area (Å²) in [5, 5.41) is 8.49. The molecule has 0 aromatic carbocycles. The highest BCUT2D eigenvalue weighted by atomic mass is 16.4. The second-order valence-electron chi connectivity index (χ2n) is 5.08. The molecule has 0 saturated carbocycles. The molecule has 0 aliphatic carbocycles. The zero-order valence-corrected chi connectivity index (χ0v) is 12.9. The van der Waals surface area contributed by atoms with Gasteiger partial charge < -0.3 is 5.11 Å². The molecule has 0 fully saturated rings. The van der Waals surface area contributed by atoms with Gasteiger partial charge in [0.1, 0.15) is 0 Å². The van der Waals surface area contributed by atoms with Crippen molar-refractivity contribution in [2.45, 2.75) is 71.1 Å². The topological polar surface area (TPSA) is 37.3 Å². The Balaban J connectivity index is 3.32. The smallest absolute Gasteiger partial charge is 0.303 e. The third-order valence-corrected chi connectivity index (χ3v) is 3.09. The maximum atomic E-state index is 10.3. The summed E-state index contributed by atoms with van der Waals surface area (Å²) in [6.45, 7) is 2.22. The van der Waals surface area contributed by atoms with Crippen LogP contribution in [-0.2, 0) is 4.79 Å². The van der Waals surface area contributed by atoms with E-state index in [1.165, 1.54) is 25.7 Å². The maximum absolute atomic E-state index is 10.3. The summed E-state index contributed by atoms with van der Waals surface area (Å²) < 4.78 is 0. The van der Waals surface area contributed by atoms with Crippen molar-refractivity contribution in [1.82, 2.24) is 0 Å². The molecule has 0 heterocycles. The Morgan fingerprint density at radius 1 is 0.800 bits per heavy atom. The zero-order chi connectivity index (χ0) is 14.9. The van der Waals surface area contributed by atoms with Crippen molar-refractivity contribution in [3.63, 3.8) is 0 Å². The monoisotopic (exact) mass is 278 g/mol. The van der Waals surface area contributed by atoms with Crippen molar-refractivity contribution >= 4 is 5.97 Å². The van der Waals surface area contributed by atoms with Gasteiger partial charge in [-0.25, -0.2) is 0 Å². The number of rotatable bonds is 13. The number of hydrogen-bond acceptors (Lipinski definition) is 1. The Bertz CT molecular complexity index is 301. The van der Waals surface area contributed by atoms with Gasteiger partial charge in [-0.15, -0.1) is 0 Å². The normalized spacial score (nSPS) is 12.1. The number of hydrogen-bond donors (Lipinski definition) is 1. The van der Waals surface area contributed by atoms with E-state index >= 15 is 0 Å². The number of carboxylic acids is 1. The van der Waals surface area contributed by atoms with Gasteiger partial charge in [-0.05, 0) is 32.1 Å². The summed E-state index contributed by atoms with van der Waals surface area (Å²) in [5.74, 6) is -0.683. The molecule has 0 radical (unpaired) electrons. The van der Waals surface area contributed by atoms with E-state index < -0.39 is 5.97 Å². The molecule has 20 heavy (non-hydrogen) atoms. The minimum Gasteiger partial charge on any atom is -0.481 e. The molecular weight excluding hydrogens is 248 g/mol. The van der Waals surface area contributed by atoms with Gasteiger partial charge in [0.15, 0.2) is 0 Å². The molecule has 0 aliphatic rings. The van der Waals surface area contributed by atoms with Crippen LogP contribution in [-0.4, -0.2) is 11.1 Å². The van der Waals surface area contributed by atoms with Crippen LogP contribution in [0.3, 0.4) is 0 Å². The van der Waals surface area contributed by atoms with Crippen molar-refractivity contribution in [3.05, 3.63) is 36.5 Å². The Morgan fingerprint density at radius 3 is 1.90 bits per heavy atom. The van der Waals surface area contributed by atoms with Gasteiger partial charge in [-0.1, -0.05) is 69.1 Å². The summed E-state index contributed by atoms with van der Waals surface area (Å²) >= 11 is 0. The van der Waals surface area contributed by atoms with Crippen LogP contribution in [0, 0.1) is 0 Å². The van der Waals surface area contributed by atoms with Crippen LogP contribution in [0.15, 0.2) is 36.5 Å². The predicted molar refractivity (Wildman–Crippen MR) is 86.9 cm³/mol. The number of allylic oxidation sites excluding steroid dienone is 6. The fourth-order valence-corrected chi connectivity index (χ4v) is 1.88. The lowest BCUT2D eigenvalue weighted by molar-refractivity contribution is -0.137. The first-order valence-corrected chi connectivity index (χ1v) is 7.97. The summed E-state index contributed by atoms with van der Waals surface area (Å²) in [6, 6.07) is 0. The van der Waals surface area contributed by atoms with E-state index in [0.717, 1.165) is 32.1 Å². The largest absolute Gasteiger partial charge is 0.481 e. The predicted octanol–water partition coefficient (Wildman–Crippen LogP) is 5.66. The Labute approximate surface area is 124 Å². The lowest BCUT2D eigenvalue weighted by Crippen LogP contribution is -1.93. The van der Waals surface area contributed by atoms with Crippen LogP contribution < -0.4 is 0 Å². The van der Waals surface area contributed by atoms with Crippen molar-refractivity contribution in [2.24, 2.45) is 0 Å². The minimum atomic E-state index is -0.683. The molecule has 0 aliphatic heterocycles. The van der Waals surface area contributed by atoms with Gasteiger partial charge in [-0.2, -0.15) is 0 Å². The maximum Gasteiger partial charge on any atom is 0.303 e. The molecule has 2 heteroatoms. The molecule has 0 spiro atoms. The second kappa shape index (κ2) is 15.7. The lowest BCUT2D eigenvalue weighted by Gasteiger charge is -1.96. The molecule has 0 saturated heterocycles. The fraction of sp³-hybridized carbons (Fsp3) is 0.611. The molecule has 2 nitrogen and oxygen atoms in total. The van der Waals surface area contributed by atoms with E-state index in [-0.39, 0.29) is 0 Å². The van der Waals surface area contributed by atoms with E-state index in [2.05, 4.69) is 43.4 Å². The van der Waals surface area contributed by atoms with E-state index in [4.69, 9.17) is 5.11 Å². The van der Waals surface area contributed by atoms with E-state index in [1.54, 1.807) is 0 Å². The van der Waals surface area contributed by atoms with Crippen LogP contribution in [0.4, 0.5) is 0 Å². The molecule has 1 N–H and O–H groups in total. The van der Waals surface area contributed by atoms with Gasteiger partial charge in [-0.3, -0.25) is 4.79 Å². The van der Waals surface area contributed by atoms with E-state index in [1.807, 2.05) is 0 Å². The summed E-state index contributed by atoms with van der Waals surface area (Å²) in [7, 11) is 0. The standard InChI is InChI=1S/C18H30O2/c1-2-3-4-5-6-7-8-9-10-11-12-13-14-15-16-17-18(19)20/h6-11H,2-5,12-17H2,1H3,(H,19,20)/b7-6+,9-8-,11-10+. The van der Waals surface area contributed by atoms with Crippen molar-refractivity contribution in [2.75, 3.05) is 0 Å². The Morgan fingerprint density at radius 2 is 1.35 bits per heavy atom. The molecule has 114 valence electrons. The average Bonchev–Trinajstić information content (AvgIpc) is 2.43. The van der Waals surface area contributed by atoms with Crippen molar-refractivity contribution in [1.29, 1.82) is 0 Å². The number of aliphatic carboxylic acids is 1. The first-order chi connectivity index (χ1) is 9.77. The molecule has 0 bridgehead atoms. The number of unbranched alkanes of at least 4 members (excludes halogenated alkanes) is 7. The SMILES string of the molecule is CCCCC/C=C/C=C\C=C\CCCCCCC(=O)O. The molecule has 0 atom stereocenters. The van der Waals surface area contributed by atoms with Crippen molar-refractivity contribution < 1.29 is 9.90 Å². The number of carbonyl (C=O) groups is 1. The fourth-order valence-electron chi connectivity index (χ4n) is 1.88. The molecular formula is C18H30O2. The van der Waals surface area contributed by atoms with Crippen LogP contribution in [0.25, 0.3) is 0 Å². The third-order valence-electron chi connectivity index (χ3n) is 3.09. The zero-order valence-electron chi connectivity index (χ0n) is 12.9. The van der Waals surface area contributed by atoms with Gasteiger partial charge in [0.2, 0.25) is 0 Å². The highest BCUT2D eigenvalue weighted by Gasteiger charge is 1.95. The van der Waals surface area contributed by atoms with Crippen LogP contribution in [0.2, 0.25) is 0 Å². The van der Waals surface area contributed by atoms with Gasteiger partial charge in [0.25, 0.3) is 0 Å². The highest BCUT2D eigenvalue weighted by molar-refractivity contribution is 5.66. The molecule has 0 aromatic heterocycles. The van der Waals surface area contributed by atoms with Crippen molar-refractivity contribution in [3.8, 4) is 0 Å². The minimum absolute atomic E-state index is 0.309. The third kappa shape index (κ3) is 16.7. The Hall–Kier alpha value is -1.31. The highest BCUT2D eigenvalue weighted by Crippen LogP contribution is 2.06. The first-order valence-electron chi connectivity index (χ1n) is 7.97.